The number of benzene rings is 3. The minimum Gasteiger partial charge on any atom is -0.489 e. The van der Waals surface area contributed by atoms with Crippen molar-refractivity contribution < 1.29 is 9.15 Å². The highest BCUT2D eigenvalue weighted by molar-refractivity contribution is 6.30. The van der Waals surface area contributed by atoms with Gasteiger partial charge in [0.15, 0.2) is 0 Å². The monoisotopic (exact) mass is 403 g/mol. The molecule has 5 heteroatoms. The van der Waals surface area contributed by atoms with E-state index < -0.39 is 5.63 Å². The molecule has 0 aliphatic rings. The molecule has 0 atom stereocenters. The van der Waals surface area contributed by atoms with Gasteiger partial charge in [-0.15, -0.1) is 0 Å². The molecule has 0 bridgehead atoms. The summed E-state index contributed by atoms with van der Waals surface area (Å²) < 4.78 is 11.1. The first-order chi connectivity index (χ1) is 14.1. The molecule has 0 aliphatic heterocycles. The minimum atomic E-state index is -0.459. The van der Waals surface area contributed by atoms with E-state index in [9.17, 15) is 4.79 Å². The van der Waals surface area contributed by atoms with E-state index in [1.54, 1.807) is 24.3 Å². The Hall–Kier alpha value is -3.37. The summed E-state index contributed by atoms with van der Waals surface area (Å²) in [6.07, 6.45) is 0. The number of ether oxygens (including phenoxy) is 1. The van der Waals surface area contributed by atoms with Crippen LogP contribution in [0.25, 0.3) is 22.7 Å². The molecule has 144 valence electrons. The average Bonchev–Trinajstić information content (AvgIpc) is 2.74. The number of aryl methyl sites for hydroxylation is 1. The Morgan fingerprint density at radius 2 is 1.55 bits per heavy atom. The van der Waals surface area contributed by atoms with Gasteiger partial charge in [0.2, 0.25) is 5.89 Å². The van der Waals surface area contributed by atoms with Gasteiger partial charge in [0.1, 0.15) is 12.4 Å². The van der Waals surface area contributed by atoms with E-state index in [1.165, 1.54) is 11.6 Å². The first-order valence-electron chi connectivity index (χ1n) is 9.14. The van der Waals surface area contributed by atoms with Gasteiger partial charge in [-0.05, 0) is 61.0 Å². The highest BCUT2D eigenvalue weighted by Crippen LogP contribution is 2.24. The maximum atomic E-state index is 12.0. The quantitative estimate of drug-likeness (QED) is 0.415. The Balaban J connectivity index is 1.53. The molecule has 0 unspecified atom stereocenters. The molecule has 0 fully saturated rings. The van der Waals surface area contributed by atoms with Crippen LogP contribution in [0.2, 0.25) is 5.02 Å². The van der Waals surface area contributed by atoms with Crippen LogP contribution in [0.15, 0.2) is 88.1 Å². The summed E-state index contributed by atoms with van der Waals surface area (Å²) in [5.74, 6) is 0.999. The maximum Gasteiger partial charge on any atom is 0.339 e. The van der Waals surface area contributed by atoms with Crippen LogP contribution in [0.4, 0.5) is 0 Å². The number of halogens is 1. The van der Waals surface area contributed by atoms with Crippen LogP contribution in [0.1, 0.15) is 11.1 Å². The fourth-order valence-corrected chi connectivity index (χ4v) is 2.96. The van der Waals surface area contributed by atoms with Crippen LogP contribution in [-0.4, -0.2) is 4.98 Å². The van der Waals surface area contributed by atoms with E-state index in [1.807, 2.05) is 24.3 Å². The van der Waals surface area contributed by atoms with Gasteiger partial charge >= 0.3 is 5.63 Å². The molecule has 1 heterocycles. The van der Waals surface area contributed by atoms with E-state index in [0.29, 0.717) is 22.9 Å². The standard InChI is InChI=1S/C24H18ClNO3/c1-16-2-4-17(5-3-16)15-28-21-12-8-18(9-13-21)22-14-23(27)29-24(26-22)19-6-10-20(25)11-7-19/h2-14H,15H2,1H3. The molecule has 1 aromatic heterocycles. The summed E-state index contributed by atoms with van der Waals surface area (Å²) in [4.78, 5) is 16.5. The number of nitrogens with zero attached hydrogens (tertiary/aromatic N) is 1. The zero-order chi connectivity index (χ0) is 20.2. The minimum absolute atomic E-state index is 0.254. The molecule has 4 rings (SSSR count). The highest BCUT2D eigenvalue weighted by atomic mass is 35.5. The molecule has 0 saturated heterocycles. The third-order valence-corrected chi connectivity index (χ3v) is 4.69. The van der Waals surface area contributed by atoms with Crippen LogP contribution in [-0.2, 0) is 6.61 Å². The third kappa shape index (κ3) is 4.73. The molecule has 0 saturated carbocycles. The van der Waals surface area contributed by atoms with Crippen molar-refractivity contribution in [2.75, 3.05) is 0 Å². The Kier molecular flexibility index (Phi) is 5.45. The second kappa shape index (κ2) is 8.33. The molecule has 29 heavy (non-hydrogen) atoms. The van der Waals surface area contributed by atoms with Gasteiger partial charge in [-0.3, -0.25) is 0 Å². The second-order valence-electron chi connectivity index (χ2n) is 6.67. The summed E-state index contributed by atoms with van der Waals surface area (Å²) in [5.41, 5.74) is 3.89. The van der Waals surface area contributed by atoms with Gasteiger partial charge in [0, 0.05) is 16.1 Å². The normalized spacial score (nSPS) is 10.7. The first kappa shape index (κ1) is 19.0. The fraction of sp³-hybridized carbons (Fsp3) is 0.0833. The molecule has 0 amide bonds. The van der Waals surface area contributed by atoms with E-state index in [0.717, 1.165) is 16.9 Å². The van der Waals surface area contributed by atoms with Gasteiger partial charge in [0.25, 0.3) is 0 Å². The van der Waals surface area contributed by atoms with Crippen molar-refractivity contribution in [3.05, 3.63) is 105 Å². The van der Waals surface area contributed by atoms with Crippen molar-refractivity contribution in [1.29, 1.82) is 0 Å². The number of rotatable bonds is 5. The van der Waals surface area contributed by atoms with Crippen molar-refractivity contribution in [3.8, 4) is 28.5 Å². The summed E-state index contributed by atoms with van der Waals surface area (Å²) >= 11 is 5.92. The third-order valence-electron chi connectivity index (χ3n) is 4.44. The zero-order valence-corrected chi connectivity index (χ0v) is 16.5. The van der Waals surface area contributed by atoms with Crippen molar-refractivity contribution in [2.24, 2.45) is 0 Å². The predicted octanol–water partition coefficient (Wildman–Crippen LogP) is 5.91. The second-order valence-corrected chi connectivity index (χ2v) is 7.11. The van der Waals surface area contributed by atoms with Gasteiger partial charge in [-0.1, -0.05) is 41.4 Å². The number of hydrogen-bond donors (Lipinski definition) is 0. The van der Waals surface area contributed by atoms with Crippen LogP contribution in [0.3, 0.4) is 0 Å². The molecule has 0 aliphatic carbocycles. The molecule has 0 radical (unpaired) electrons. The molecule has 0 spiro atoms. The Bertz CT molecular complexity index is 1160. The van der Waals surface area contributed by atoms with Crippen LogP contribution >= 0.6 is 11.6 Å². The highest BCUT2D eigenvalue weighted by Gasteiger charge is 2.09. The first-order valence-corrected chi connectivity index (χ1v) is 9.51. The topological polar surface area (TPSA) is 52.3 Å². The molecule has 0 N–H and O–H groups in total. The van der Waals surface area contributed by atoms with Crippen LogP contribution in [0.5, 0.6) is 5.75 Å². The van der Waals surface area contributed by atoms with E-state index in [4.69, 9.17) is 20.8 Å². The van der Waals surface area contributed by atoms with Gasteiger partial charge in [0.05, 0.1) is 11.8 Å². The van der Waals surface area contributed by atoms with Crippen molar-refractivity contribution in [2.45, 2.75) is 13.5 Å². The summed E-state index contributed by atoms with van der Waals surface area (Å²) in [6.45, 7) is 2.55. The molecule has 4 aromatic rings. The van der Waals surface area contributed by atoms with Crippen LogP contribution < -0.4 is 10.4 Å². The van der Waals surface area contributed by atoms with Crippen molar-refractivity contribution >= 4 is 11.6 Å². The zero-order valence-electron chi connectivity index (χ0n) is 15.8. The van der Waals surface area contributed by atoms with Gasteiger partial charge in [-0.2, -0.15) is 0 Å². The van der Waals surface area contributed by atoms with E-state index in [2.05, 4.69) is 36.2 Å². The van der Waals surface area contributed by atoms with E-state index >= 15 is 0 Å². The Morgan fingerprint density at radius 1 is 0.897 bits per heavy atom. The summed E-state index contributed by atoms with van der Waals surface area (Å²) in [7, 11) is 0. The lowest BCUT2D eigenvalue weighted by Crippen LogP contribution is -2.02. The average molecular weight is 404 g/mol. The Labute approximate surface area is 173 Å². The lowest BCUT2D eigenvalue weighted by molar-refractivity contribution is 0.306. The molecule has 4 nitrogen and oxygen atoms in total. The fourth-order valence-electron chi connectivity index (χ4n) is 2.84. The lowest BCUT2D eigenvalue weighted by atomic mass is 10.1. The smallest absolute Gasteiger partial charge is 0.339 e. The number of hydrogen-bond acceptors (Lipinski definition) is 4. The van der Waals surface area contributed by atoms with Gasteiger partial charge in [-0.25, -0.2) is 9.78 Å². The molecular weight excluding hydrogens is 386 g/mol. The summed E-state index contributed by atoms with van der Waals surface area (Å²) in [5, 5.41) is 0.605. The maximum absolute atomic E-state index is 12.0. The van der Waals surface area contributed by atoms with Crippen LogP contribution in [0, 0.1) is 6.92 Å². The van der Waals surface area contributed by atoms with E-state index in [-0.39, 0.29) is 5.89 Å². The van der Waals surface area contributed by atoms with Crippen molar-refractivity contribution in [3.63, 3.8) is 0 Å². The SMILES string of the molecule is Cc1ccc(COc2ccc(-c3cc(=O)oc(-c4ccc(Cl)cc4)n3)cc2)cc1. The van der Waals surface area contributed by atoms with Gasteiger partial charge < -0.3 is 9.15 Å². The summed E-state index contributed by atoms with van der Waals surface area (Å²) in [6, 6.07) is 24.1. The Morgan fingerprint density at radius 3 is 2.24 bits per heavy atom. The lowest BCUT2D eigenvalue weighted by Gasteiger charge is -2.08. The number of aromatic nitrogens is 1. The largest absolute Gasteiger partial charge is 0.489 e. The molecule has 3 aromatic carbocycles. The molecular formula is C24H18ClNO3. The predicted molar refractivity (Wildman–Crippen MR) is 114 cm³/mol. The van der Waals surface area contributed by atoms with Crippen molar-refractivity contribution in [1.82, 2.24) is 4.98 Å².